The second-order valence-corrected chi connectivity index (χ2v) is 7.12. The predicted octanol–water partition coefficient (Wildman–Crippen LogP) is 2.45. The minimum absolute atomic E-state index is 0. The van der Waals surface area contributed by atoms with Gasteiger partial charge >= 0.3 is 24.8 Å². The van der Waals surface area contributed by atoms with Crippen LogP contribution in [0.1, 0.15) is 62.7 Å². The third-order valence-corrected chi connectivity index (χ3v) is 5.10. The molecule has 140 valence electrons. The van der Waals surface area contributed by atoms with Gasteiger partial charge in [0.1, 0.15) is 6.10 Å². The summed E-state index contributed by atoms with van der Waals surface area (Å²) < 4.78 is 5.31. The van der Waals surface area contributed by atoms with Crippen molar-refractivity contribution in [3.8, 4) is 0 Å². The molecule has 2 aromatic rings. The van der Waals surface area contributed by atoms with Gasteiger partial charge in [0, 0.05) is 0 Å². The fraction of sp³-hybridized carbons (Fsp3) is 0.435. The number of unbranched alkanes of at least 4 members (excludes halogenated alkanes) is 5. The fourth-order valence-corrected chi connectivity index (χ4v) is 3.57. The maximum atomic E-state index is 11.0. The Bertz CT molecular complexity index is 708. The van der Waals surface area contributed by atoms with E-state index >= 15 is 0 Å². The first-order valence-corrected chi connectivity index (χ1v) is 9.75. The van der Waals surface area contributed by atoms with Crippen LogP contribution < -0.4 is 18.9 Å². The summed E-state index contributed by atoms with van der Waals surface area (Å²) in [5.74, 6) is -0.861. The van der Waals surface area contributed by atoms with Crippen LogP contribution >= 0.6 is 0 Å². The number of aliphatic carboxylic acids is 1. The maximum Gasteiger partial charge on any atom is 1.00 e. The van der Waals surface area contributed by atoms with Crippen LogP contribution in [0.2, 0.25) is 0 Å². The number of hydrogen-bond donors (Lipinski definition) is 1. The number of aryl methyl sites for hydroxylation is 2. The third-order valence-electron chi connectivity index (χ3n) is 5.10. The molecule has 4 heteroatoms. The van der Waals surface area contributed by atoms with E-state index in [-0.39, 0.29) is 26.4 Å². The van der Waals surface area contributed by atoms with Crippen molar-refractivity contribution in [2.75, 3.05) is 0 Å². The average Bonchev–Trinajstić information content (AvgIpc) is 3.46. The van der Waals surface area contributed by atoms with Gasteiger partial charge in [0.15, 0.2) is 6.10 Å². The Morgan fingerprint density at radius 1 is 0.852 bits per heavy atom. The number of epoxide rings is 1. The Morgan fingerprint density at radius 2 is 1.44 bits per heavy atom. The van der Waals surface area contributed by atoms with Crippen LogP contribution in [0.4, 0.5) is 0 Å². The van der Waals surface area contributed by atoms with Crippen molar-refractivity contribution < 1.29 is 34.9 Å². The van der Waals surface area contributed by atoms with E-state index < -0.39 is 12.1 Å². The summed E-state index contributed by atoms with van der Waals surface area (Å²) in [6.45, 7) is 0. The zero-order valence-corrected chi connectivity index (χ0v) is 16.3. The topological polar surface area (TPSA) is 49.8 Å². The Hall–Kier alpha value is -1.53. The monoisotopic (exact) mass is 360 g/mol. The van der Waals surface area contributed by atoms with E-state index in [1.807, 2.05) is 18.2 Å². The Labute approximate surface area is 175 Å². The second-order valence-electron chi connectivity index (χ2n) is 7.12. The van der Waals surface area contributed by atoms with Crippen molar-refractivity contribution >= 4 is 5.97 Å². The molecule has 0 aromatic heterocycles. The molecule has 0 saturated carbocycles. The van der Waals surface area contributed by atoms with Crippen molar-refractivity contribution in [2.45, 2.75) is 63.6 Å². The number of rotatable bonds is 11. The van der Waals surface area contributed by atoms with Crippen molar-refractivity contribution in [3.05, 3.63) is 71.3 Å². The Balaban J connectivity index is 0.00000196. The van der Waals surface area contributed by atoms with Crippen LogP contribution in [0.3, 0.4) is 0 Å². The van der Waals surface area contributed by atoms with Crippen LogP contribution in [0.5, 0.6) is 0 Å². The van der Waals surface area contributed by atoms with Crippen molar-refractivity contribution in [2.24, 2.45) is 0 Å². The number of ether oxygens (including phenoxy) is 1. The molecule has 2 aromatic carbocycles. The molecular weight excluding hydrogens is 331 g/mol. The molecule has 0 bridgehead atoms. The van der Waals surface area contributed by atoms with Crippen molar-refractivity contribution in [1.29, 1.82) is 0 Å². The zero-order chi connectivity index (χ0) is 18.2. The molecule has 0 spiro atoms. The standard InChI is InChI=1S/C23H28O3.Li.H/c24-23(25)22-21(26-22)20-17-11-10-16-19(20)15-9-4-2-1-3-6-12-18-13-7-5-8-14-18;;/h5,7-8,10-11,13-14,16-17,21-22H,1-4,6,9,12,15H2,(H,24,25);;/q;+1;-1. The average molecular weight is 360 g/mol. The van der Waals surface area contributed by atoms with Crippen LogP contribution in [0.15, 0.2) is 54.6 Å². The van der Waals surface area contributed by atoms with Crippen LogP contribution in [0, 0.1) is 0 Å². The summed E-state index contributed by atoms with van der Waals surface area (Å²) >= 11 is 0. The van der Waals surface area contributed by atoms with Crippen LogP contribution in [-0.4, -0.2) is 17.2 Å². The van der Waals surface area contributed by atoms with E-state index in [9.17, 15) is 4.79 Å². The molecular formula is C23H29LiO3. The Morgan fingerprint density at radius 3 is 2.11 bits per heavy atom. The molecule has 1 saturated heterocycles. The smallest absolute Gasteiger partial charge is 1.00 e. The quantitative estimate of drug-likeness (QED) is 0.380. The van der Waals surface area contributed by atoms with E-state index in [0.717, 1.165) is 18.4 Å². The summed E-state index contributed by atoms with van der Waals surface area (Å²) in [5.41, 5.74) is 3.74. The minimum atomic E-state index is -0.861. The number of hydrogen-bond acceptors (Lipinski definition) is 2. The zero-order valence-electron chi connectivity index (χ0n) is 17.3. The van der Waals surface area contributed by atoms with Gasteiger partial charge in [0.2, 0.25) is 0 Å². The molecule has 0 radical (unpaired) electrons. The van der Waals surface area contributed by atoms with Crippen molar-refractivity contribution in [1.82, 2.24) is 0 Å². The number of carbonyl (C=O) groups is 1. The summed E-state index contributed by atoms with van der Waals surface area (Å²) in [6.07, 6.45) is 8.79. The first-order valence-electron chi connectivity index (χ1n) is 9.75. The number of benzene rings is 2. The molecule has 2 unspecified atom stereocenters. The summed E-state index contributed by atoms with van der Waals surface area (Å²) in [5, 5.41) is 9.04. The molecule has 3 rings (SSSR count). The fourth-order valence-electron chi connectivity index (χ4n) is 3.57. The van der Waals surface area contributed by atoms with E-state index in [4.69, 9.17) is 9.84 Å². The molecule has 1 N–H and O–H groups in total. The van der Waals surface area contributed by atoms with Gasteiger partial charge in [-0.2, -0.15) is 0 Å². The SMILES string of the molecule is O=C(O)C1OC1c1ccccc1CCCCCCCCc1ccccc1.[H-].[Li+]. The van der Waals surface area contributed by atoms with Gasteiger partial charge in [-0.25, -0.2) is 4.79 Å². The first kappa shape index (κ1) is 21.8. The third kappa shape index (κ3) is 6.85. The van der Waals surface area contributed by atoms with Gasteiger partial charge in [-0.1, -0.05) is 80.3 Å². The molecule has 0 amide bonds. The molecule has 1 aliphatic rings. The number of carboxylic acid groups (broad SMARTS) is 1. The van der Waals surface area contributed by atoms with Gasteiger partial charge in [0.25, 0.3) is 0 Å². The molecule has 1 aliphatic heterocycles. The van der Waals surface area contributed by atoms with E-state index in [0.29, 0.717) is 0 Å². The summed E-state index contributed by atoms with van der Waals surface area (Å²) in [4.78, 5) is 11.0. The van der Waals surface area contributed by atoms with Gasteiger partial charge in [-0.05, 0) is 42.4 Å². The van der Waals surface area contributed by atoms with Gasteiger partial charge in [0.05, 0.1) is 0 Å². The first-order chi connectivity index (χ1) is 12.8. The van der Waals surface area contributed by atoms with Crippen molar-refractivity contribution in [3.63, 3.8) is 0 Å². The van der Waals surface area contributed by atoms with Gasteiger partial charge in [-0.3, -0.25) is 0 Å². The minimum Gasteiger partial charge on any atom is -1.00 e. The normalized spacial score (nSPS) is 17.9. The molecule has 1 heterocycles. The molecule has 0 aliphatic carbocycles. The molecule has 2 atom stereocenters. The van der Waals surface area contributed by atoms with Gasteiger partial charge < -0.3 is 11.3 Å². The largest absolute Gasteiger partial charge is 1.00 e. The van der Waals surface area contributed by atoms with E-state index in [1.165, 1.54) is 49.7 Å². The predicted molar refractivity (Wildman–Crippen MR) is 104 cm³/mol. The van der Waals surface area contributed by atoms with Crippen LogP contribution in [-0.2, 0) is 22.4 Å². The maximum absolute atomic E-state index is 11.0. The van der Waals surface area contributed by atoms with Gasteiger partial charge in [-0.15, -0.1) is 0 Å². The summed E-state index contributed by atoms with van der Waals surface area (Å²) in [6, 6.07) is 18.8. The molecule has 3 nitrogen and oxygen atoms in total. The second kappa shape index (κ2) is 11.3. The Kier molecular flexibility index (Phi) is 9.14. The van der Waals surface area contributed by atoms with E-state index in [2.05, 4.69) is 36.4 Å². The molecule has 27 heavy (non-hydrogen) atoms. The molecule has 1 fully saturated rings. The summed E-state index contributed by atoms with van der Waals surface area (Å²) in [7, 11) is 0. The van der Waals surface area contributed by atoms with Crippen LogP contribution in [0.25, 0.3) is 0 Å². The number of carboxylic acids is 1. The van der Waals surface area contributed by atoms with E-state index in [1.54, 1.807) is 0 Å².